The monoisotopic (exact) mass is 310 g/mol. The van der Waals surface area contributed by atoms with Gasteiger partial charge in [0.05, 0.1) is 11.5 Å². The molecular weight excluding hydrogens is 284 g/mol. The molecule has 1 N–H and O–H groups in total. The van der Waals surface area contributed by atoms with Crippen molar-refractivity contribution in [3.8, 4) is 0 Å². The molecule has 0 spiro atoms. The molecule has 1 fully saturated rings. The zero-order valence-electron chi connectivity index (χ0n) is 13.0. The van der Waals surface area contributed by atoms with Crippen molar-refractivity contribution in [3.05, 3.63) is 35.4 Å². The summed E-state index contributed by atoms with van der Waals surface area (Å²) in [7, 11) is -0.786. The second kappa shape index (κ2) is 7.38. The predicted molar refractivity (Wildman–Crippen MR) is 87.0 cm³/mol. The van der Waals surface area contributed by atoms with E-state index >= 15 is 0 Å². The molecule has 1 aromatic carbocycles. The number of sulfone groups is 1. The maximum atomic E-state index is 11.5. The molecule has 0 aromatic heterocycles. The summed E-state index contributed by atoms with van der Waals surface area (Å²) in [6.07, 6.45) is 1.91. The molecule has 1 unspecified atom stereocenters. The maximum absolute atomic E-state index is 11.5. The molecule has 5 heteroatoms. The largest absolute Gasteiger partial charge is 0.313 e. The fourth-order valence-electron chi connectivity index (χ4n) is 2.71. The fraction of sp³-hybridized carbons (Fsp3) is 0.625. The van der Waals surface area contributed by atoms with Gasteiger partial charge in [-0.05, 0) is 37.6 Å². The first-order valence-corrected chi connectivity index (χ1v) is 9.51. The van der Waals surface area contributed by atoms with Crippen LogP contribution in [0.1, 0.15) is 30.9 Å². The van der Waals surface area contributed by atoms with Crippen LogP contribution in [0, 0.1) is 0 Å². The molecule has 1 heterocycles. The Hall–Kier alpha value is -0.910. The normalized spacial score (nSPS) is 21.0. The van der Waals surface area contributed by atoms with Crippen molar-refractivity contribution in [1.29, 1.82) is 0 Å². The minimum atomic E-state index is -2.80. The number of hydrogen-bond donors (Lipinski definition) is 1. The van der Waals surface area contributed by atoms with Gasteiger partial charge >= 0.3 is 0 Å². The quantitative estimate of drug-likeness (QED) is 0.780. The lowest BCUT2D eigenvalue weighted by atomic mass is 10.1. The van der Waals surface area contributed by atoms with Gasteiger partial charge in [-0.25, -0.2) is 8.42 Å². The first-order chi connectivity index (χ1) is 10.00. The van der Waals surface area contributed by atoms with Crippen molar-refractivity contribution >= 4 is 9.84 Å². The Morgan fingerprint density at radius 2 is 1.90 bits per heavy atom. The predicted octanol–water partition coefficient (Wildman–Crippen LogP) is 1.81. The van der Waals surface area contributed by atoms with Gasteiger partial charge in [-0.15, -0.1) is 0 Å². The number of nitrogens with one attached hydrogen (secondary N) is 1. The van der Waals surface area contributed by atoms with Crippen LogP contribution >= 0.6 is 0 Å². The summed E-state index contributed by atoms with van der Waals surface area (Å²) in [5, 5.41) is 3.39. The Morgan fingerprint density at radius 3 is 2.48 bits per heavy atom. The average Bonchev–Trinajstić information content (AvgIpc) is 2.81. The van der Waals surface area contributed by atoms with E-state index in [1.807, 2.05) is 7.05 Å². The Kier molecular flexibility index (Phi) is 5.79. The molecule has 118 valence electrons. The van der Waals surface area contributed by atoms with Crippen molar-refractivity contribution in [1.82, 2.24) is 10.2 Å². The van der Waals surface area contributed by atoms with E-state index < -0.39 is 9.84 Å². The summed E-state index contributed by atoms with van der Waals surface area (Å²) in [5.41, 5.74) is 2.53. The van der Waals surface area contributed by atoms with E-state index in [4.69, 9.17) is 0 Å². The first-order valence-electron chi connectivity index (χ1n) is 7.69. The lowest BCUT2D eigenvalue weighted by Crippen LogP contribution is -2.32. The van der Waals surface area contributed by atoms with Gasteiger partial charge in [0.25, 0.3) is 0 Å². The van der Waals surface area contributed by atoms with Crippen LogP contribution in [0.25, 0.3) is 0 Å². The zero-order valence-corrected chi connectivity index (χ0v) is 13.8. The SMILES string of the molecule is CCCNCc1ccc(CN(C)C2CCS(=O)(=O)C2)cc1. The van der Waals surface area contributed by atoms with Crippen LogP contribution in [0.5, 0.6) is 0 Å². The van der Waals surface area contributed by atoms with Gasteiger partial charge in [0.2, 0.25) is 0 Å². The minimum Gasteiger partial charge on any atom is -0.313 e. The summed E-state index contributed by atoms with van der Waals surface area (Å²) in [6, 6.07) is 8.75. The van der Waals surface area contributed by atoms with Crippen LogP contribution in [0.4, 0.5) is 0 Å². The third kappa shape index (κ3) is 5.09. The summed E-state index contributed by atoms with van der Waals surface area (Å²) in [5.74, 6) is 0.645. The molecule has 1 aliphatic rings. The van der Waals surface area contributed by atoms with Gasteiger partial charge in [-0.3, -0.25) is 4.90 Å². The van der Waals surface area contributed by atoms with Crippen molar-refractivity contribution in [3.63, 3.8) is 0 Å². The third-order valence-corrected chi connectivity index (χ3v) is 5.79. The summed E-state index contributed by atoms with van der Waals surface area (Å²) >= 11 is 0. The molecule has 0 radical (unpaired) electrons. The lowest BCUT2D eigenvalue weighted by molar-refractivity contribution is 0.254. The van der Waals surface area contributed by atoms with Gasteiger partial charge in [0.1, 0.15) is 0 Å². The summed E-state index contributed by atoms with van der Waals surface area (Å²) < 4.78 is 23.1. The topological polar surface area (TPSA) is 49.4 Å². The highest BCUT2D eigenvalue weighted by atomic mass is 32.2. The first kappa shape index (κ1) is 16.5. The number of benzene rings is 1. The van der Waals surface area contributed by atoms with E-state index in [0.29, 0.717) is 11.5 Å². The highest BCUT2D eigenvalue weighted by Crippen LogP contribution is 2.18. The zero-order chi connectivity index (χ0) is 15.3. The van der Waals surface area contributed by atoms with Gasteiger partial charge in [-0.2, -0.15) is 0 Å². The van der Waals surface area contributed by atoms with Crippen molar-refractivity contribution in [2.24, 2.45) is 0 Å². The Bertz CT molecular complexity index is 540. The molecular formula is C16H26N2O2S. The molecule has 0 bridgehead atoms. The molecule has 1 aliphatic heterocycles. The van der Waals surface area contributed by atoms with Crippen LogP contribution < -0.4 is 5.32 Å². The van der Waals surface area contributed by atoms with Crippen LogP contribution in [0.15, 0.2) is 24.3 Å². The van der Waals surface area contributed by atoms with Crippen molar-refractivity contribution < 1.29 is 8.42 Å². The molecule has 0 saturated carbocycles. The van der Waals surface area contributed by atoms with Gasteiger partial charge < -0.3 is 5.32 Å². The van der Waals surface area contributed by atoms with Crippen molar-refractivity contribution in [2.45, 2.75) is 38.9 Å². The standard InChI is InChI=1S/C16H26N2O2S/c1-3-9-17-11-14-4-6-15(7-5-14)12-18(2)16-8-10-21(19,20)13-16/h4-7,16-17H,3,8-13H2,1-2H3. The Balaban J connectivity index is 1.85. The fourth-order valence-corrected chi connectivity index (χ4v) is 4.52. The van der Waals surface area contributed by atoms with Crippen LogP contribution in [0.3, 0.4) is 0 Å². The smallest absolute Gasteiger partial charge is 0.151 e. The van der Waals surface area contributed by atoms with E-state index in [1.165, 1.54) is 11.1 Å². The van der Waals surface area contributed by atoms with E-state index in [2.05, 4.69) is 41.4 Å². The highest BCUT2D eigenvalue weighted by molar-refractivity contribution is 7.91. The third-order valence-electron chi connectivity index (χ3n) is 4.04. The van der Waals surface area contributed by atoms with Gasteiger partial charge in [-0.1, -0.05) is 31.2 Å². The summed E-state index contributed by atoms with van der Waals surface area (Å²) in [6.45, 7) is 4.92. The van der Waals surface area contributed by atoms with E-state index in [9.17, 15) is 8.42 Å². The number of hydrogen-bond acceptors (Lipinski definition) is 4. The highest BCUT2D eigenvalue weighted by Gasteiger charge is 2.30. The Morgan fingerprint density at radius 1 is 1.24 bits per heavy atom. The van der Waals surface area contributed by atoms with Crippen LogP contribution in [-0.4, -0.2) is 44.5 Å². The average molecular weight is 310 g/mol. The van der Waals surface area contributed by atoms with Crippen LogP contribution in [-0.2, 0) is 22.9 Å². The second-order valence-electron chi connectivity index (χ2n) is 5.97. The van der Waals surface area contributed by atoms with Gasteiger partial charge in [0, 0.05) is 19.1 Å². The molecule has 1 atom stereocenters. The molecule has 21 heavy (non-hydrogen) atoms. The van der Waals surface area contributed by atoms with Crippen molar-refractivity contribution in [2.75, 3.05) is 25.1 Å². The molecule has 0 aliphatic carbocycles. The molecule has 4 nitrogen and oxygen atoms in total. The molecule has 1 saturated heterocycles. The summed E-state index contributed by atoms with van der Waals surface area (Å²) in [4.78, 5) is 2.16. The second-order valence-corrected chi connectivity index (χ2v) is 8.19. The number of nitrogens with zero attached hydrogens (tertiary/aromatic N) is 1. The molecule has 2 rings (SSSR count). The molecule has 1 aromatic rings. The number of rotatable bonds is 7. The Labute approximate surface area is 128 Å². The maximum Gasteiger partial charge on any atom is 0.151 e. The van der Waals surface area contributed by atoms with Crippen LogP contribution in [0.2, 0.25) is 0 Å². The lowest BCUT2D eigenvalue weighted by Gasteiger charge is -2.23. The van der Waals surface area contributed by atoms with E-state index in [0.717, 1.165) is 32.5 Å². The van der Waals surface area contributed by atoms with Gasteiger partial charge in [0.15, 0.2) is 9.84 Å². The van der Waals surface area contributed by atoms with E-state index in [-0.39, 0.29) is 6.04 Å². The molecule has 0 amide bonds. The van der Waals surface area contributed by atoms with E-state index in [1.54, 1.807) is 0 Å². The minimum absolute atomic E-state index is 0.167.